The Balaban J connectivity index is 0.00000192. The van der Waals surface area contributed by atoms with E-state index >= 15 is 0 Å². The number of nitrogens with two attached hydrogens (primary N) is 1. The Labute approximate surface area is 148 Å². The fraction of sp³-hybridized carbons (Fsp3) is 0.375. The highest BCUT2D eigenvalue weighted by Gasteiger charge is 2.40. The van der Waals surface area contributed by atoms with Crippen LogP contribution in [0, 0.1) is 5.41 Å². The van der Waals surface area contributed by atoms with Crippen LogP contribution in [0.1, 0.15) is 13.3 Å². The molecule has 1 unspecified atom stereocenters. The zero-order chi connectivity index (χ0) is 16.0. The summed E-state index contributed by atoms with van der Waals surface area (Å²) in [6, 6.07) is 10.9. The minimum Gasteiger partial charge on any atom is -0.330 e. The molecule has 4 nitrogen and oxygen atoms in total. The highest BCUT2D eigenvalue weighted by atomic mass is 35.5. The first-order chi connectivity index (χ1) is 10.4. The number of nitrogens with zero attached hydrogens (tertiary/aromatic N) is 1. The lowest BCUT2D eigenvalue weighted by molar-refractivity contribution is 0.350. The van der Waals surface area contributed by atoms with Crippen LogP contribution in [0.15, 0.2) is 41.3 Å². The van der Waals surface area contributed by atoms with E-state index in [1.54, 1.807) is 12.1 Å². The van der Waals surface area contributed by atoms with Crippen molar-refractivity contribution in [3.63, 3.8) is 0 Å². The van der Waals surface area contributed by atoms with Crippen molar-refractivity contribution in [1.29, 1.82) is 0 Å². The summed E-state index contributed by atoms with van der Waals surface area (Å²) >= 11 is 6.24. The van der Waals surface area contributed by atoms with E-state index in [4.69, 9.17) is 17.3 Å². The van der Waals surface area contributed by atoms with E-state index in [1.165, 1.54) is 4.31 Å². The highest BCUT2D eigenvalue weighted by Crippen LogP contribution is 2.37. The van der Waals surface area contributed by atoms with E-state index in [-0.39, 0.29) is 27.7 Å². The molecule has 0 radical (unpaired) electrons. The van der Waals surface area contributed by atoms with Crippen molar-refractivity contribution in [3.8, 4) is 0 Å². The maximum Gasteiger partial charge on any atom is 0.245 e. The van der Waals surface area contributed by atoms with Crippen LogP contribution >= 0.6 is 24.0 Å². The number of benzene rings is 2. The van der Waals surface area contributed by atoms with Crippen molar-refractivity contribution in [3.05, 3.63) is 41.4 Å². The summed E-state index contributed by atoms with van der Waals surface area (Å²) in [5, 5.41) is 1.79. The van der Waals surface area contributed by atoms with Gasteiger partial charge in [0.25, 0.3) is 0 Å². The molecule has 1 aliphatic rings. The van der Waals surface area contributed by atoms with Crippen LogP contribution in [0.4, 0.5) is 0 Å². The van der Waals surface area contributed by atoms with Gasteiger partial charge in [0.05, 0.1) is 5.02 Å². The SMILES string of the molecule is CC1(CN)CCN(S(=O)(=O)c2c(Cl)ccc3ccccc23)C1.Cl. The molecular weight excluding hydrogens is 355 g/mol. The minimum atomic E-state index is -3.63. The second kappa shape index (κ2) is 6.57. The Morgan fingerprint density at radius 1 is 1.26 bits per heavy atom. The largest absolute Gasteiger partial charge is 0.330 e. The Bertz CT molecular complexity index is 826. The molecule has 1 aliphatic heterocycles. The van der Waals surface area contributed by atoms with Crippen LogP contribution in [-0.2, 0) is 10.0 Å². The molecule has 1 atom stereocenters. The molecule has 126 valence electrons. The number of hydrogen-bond acceptors (Lipinski definition) is 3. The number of rotatable bonds is 3. The van der Waals surface area contributed by atoms with E-state index in [0.717, 1.165) is 11.8 Å². The van der Waals surface area contributed by atoms with E-state index in [9.17, 15) is 8.42 Å². The third-order valence-corrected chi connectivity index (χ3v) is 6.82. The number of sulfonamides is 1. The maximum atomic E-state index is 13.1. The van der Waals surface area contributed by atoms with Gasteiger partial charge in [0.15, 0.2) is 0 Å². The van der Waals surface area contributed by atoms with Crippen LogP contribution in [0.3, 0.4) is 0 Å². The van der Waals surface area contributed by atoms with Crippen molar-refractivity contribution in [1.82, 2.24) is 4.31 Å². The number of fused-ring (bicyclic) bond motifs is 1. The van der Waals surface area contributed by atoms with Crippen molar-refractivity contribution in [2.24, 2.45) is 11.1 Å². The molecule has 0 aliphatic carbocycles. The van der Waals surface area contributed by atoms with Gasteiger partial charge in [0.1, 0.15) is 4.90 Å². The summed E-state index contributed by atoms with van der Waals surface area (Å²) in [6.07, 6.45) is 0.769. The molecule has 1 heterocycles. The molecule has 2 aromatic carbocycles. The molecule has 1 fully saturated rings. The first kappa shape index (κ1) is 18.5. The molecule has 0 aromatic heterocycles. The Morgan fingerprint density at radius 2 is 1.96 bits per heavy atom. The predicted octanol–water partition coefficient (Wildman–Crippen LogP) is 3.27. The van der Waals surface area contributed by atoms with Crippen molar-refractivity contribution >= 4 is 44.8 Å². The van der Waals surface area contributed by atoms with Crippen LogP contribution in [0.25, 0.3) is 10.8 Å². The van der Waals surface area contributed by atoms with Gasteiger partial charge >= 0.3 is 0 Å². The van der Waals surface area contributed by atoms with Gasteiger partial charge in [-0.15, -0.1) is 12.4 Å². The van der Waals surface area contributed by atoms with Crippen LogP contribution in [0.2, 0.25) is 5.02 Å². The molecule has 0 amide bonds. The van der Waals surface area contributed by atoms with Gasteiger partial charge in [-0.25, -0.2) is 8.42 Å². The van der Waals surface area contributed by atoms with Gasteiger partial charge in [-0.05, 0) is 29.8 Å². The highest BCUT2D eigenvalue weighted by molar-refractivity contribution is 7.89. The second-order valence-corrected chi connectivity index (χ2v) is 8.48. The Morgan fingerprint density at radius 3 is 2.61 bits per heavy atom. The van der Waals surface area contributed by atoms with Gasteiger partial charge in [-0.1, -0.05) is 48.9 Å². The average molecular weight is 375 g/mol. The van der Waals surface area contributed by atoms with Gasteiger partial charge in [-0.2, -0.15) is 4.31 Å². The molecule has 0 spiro atoms. The van der Waals surface area contributed by atoms with Gasteiger partial charge in [0, 0.05) is 18.5 Å². The van der Waals surface area contributed by atoms with Crippen molar-refractivity contribution < 1.29 is 8.42 Å². The van der Waals surface area contributed by atoms with E-state index < -0.39 is 10.0 Å². The first-order valence-electron chi connectivity index (χ1n) is 7.25. The molecular formula is C16H20Cl2N2O2S. The fourth-order valence-electron chi connectivity index (χ4n) is 2.96. The van der Waals surface area contributed by atoms with Gasteiger partial charge in [0.2, 0.25) is 10.0 Å². The average Bonchev–Trinajstić information content (AvgIpc) is 2.91. The Hall–Kier alpha value is -0.850. The van der Waals surface area contributed by atoms with Gasteiger partial charge < -0.3 is 5.73 Å². The topological polar surface area (TPSA) is 63.4 Å². The maximum absolute atomic E-state index is 13.1. The monoisotopic (exact) mass is 374 g/mol. The van der Waals surface area contributed by atoms with E-state index in [2.05, 4.69) is 0 Å². The fourth-order valence-corrected chi connectivity index (χ4v) is 5.26. The molecule has 3 rings (SSSR count). The normalized spacial score (nSPS) is 22.2. The smallest absolute Gasteiger partial charge is 0.245 e. The summed E-state index contributed by atoms with van der Waals surface area (Å²) in [4.78, 5) is 0.202. The van der Waals surface area contributed by atoms with Crippen LogP contribution in [0.5, 0.6) is 0 Å². The quantitative estimate of drug-likeness (QED) is 0.896. The van der Waals surface area contributed by atoms with E-state index in [0.29, 0.717) is 25.0 Å². The second-order valence-electron chi connectivity index (χ2n) is 6.20. The summed E-state index contributed by atoms with van der Waals surface area (Å²) in [6.45, 7) is 3.41. The number of hydrogen-bond donors (Lipinski definition) is 1. The molecule has 2 N–H and O–H groups in total. The predicted molar refractivity (Wildman–Crippen MR) is 96.7 cm³/mol. The lowest BCUT2D eigenvalue weighted by Crippen LogP contribution is -2.34. The third-order valence-electron chi connectivity index (χ3n) is 4.45. The lowest BCUT2D eigenvalue weighted by Gasteiger charge is -2.23. The standard InChI is InChI=1S/C16H19ClN2O2S.ClH/c1-16(10-18)8-9-19(11-16)22(20,21)15-13-5-3-2-4-12(13)6-7-14(15)17;/h2-7H,8-11,18H2,1H3;1H. The summed E-state index contributed by atoms with van der Waals surface area (Å²) in [5.41, 5.74) is 5.62. The van der Waals surface area contributed by atoms with Crippen molar-refractivity contribution in [2.75, 3.05) is 19.6 Å². The third kappa shape index (κ3) is 3.21. The summed E-state index contributed by atoms with van der Waals surface area (Å²) < 4.78 is 27.7. The summed E-state index contributed by atoms with van der Waals surface area (Å²) in [7, 11) is -3.63. The van der Waals surface area contributed by atoms with Gasteiger partial charge in [-0.3, -0.25) is 0 Å². The van der Waals surface area contributed by atoms with Crippen LogP contribution < -0.4 is 5.73 Å². The first-order valence-corrected chi connectivity index (χ1v) is 9.07. The molecule has 23 heavy (non-hydrogen) atoms. The van der Waals surface area contributed by atoms with Crippen molar-refractivity contribution in [2.45, 2.75) is 18.2 Å². The van der Waals surface area contributed by atoms with E-state index in [1.807, 2.05) is 31.2 Å². The minimum absolute atomic E-state index is 0. The zero-order valence-electron chi connectivity index (χ0n) is 12.8. The lowest BCUT2D eigenvalue weighted by atomic mass is 9.90. The molecule has 1 saturated heterocycles. The molecule has 0 saturated carbocycles. The molecule has 0 bridgehead atoms. The zero-order valence-corrected chi connectivity index (χ0v) is 15.2. The molecule has 2 aromatic rings. The molecule has 7 heteroatoms. The summed E-state index contributed by atoms with van der Waals surface area (Å²) in [5.74, 6) is 0. The number of halogens is 2. The Kier molecular flexibility index (Phi) is 5.28. The van der Waals surface area contributed by atoms with Crippen LogP contribution in [-0.4, -0.2) is 32.4 Å².